The Labute approximate surface area is 78.1 Å². The van der Waals surface area contributed by atoms with Gasteiger partial charge >= 0.3 is 0 Å². The highest BCUT2D eigenvalue weighted by Crippen LogP contribution is 2.43. The zero-order valence-corrected chi connectivity index (χ0v) is 7.83. The van der Waals surface area contributed by atoms with Crippen molar-refractivity contribution in [3.05, 3.63) is 18.0 Å². The Balaban J connectivity index is 2.32. The fraction of sp³-hybridized carbons (Fsp3) is 0.500. The summed E-state index contributed by atoms with van der Waals surface area (Å²) in [6.07, 6.45) is 4.34. The van der Waals surface area contributed by atoms with Gasteiger partial charge in [0.1, 0.15) is 0 Å². The van der Waals surface area contributed by atoms with E-state index in [1.54, 1.807) is 12.3 Å². The molecule has 4 N–H and O–H groups in total. The third kappa shape index (κ3) is 1.46. The molecule has 0 radical (unpaired) electrons. The second-order valence-electron chi connectivity index (χ2n) is 3.83. The van der Waals surface area contributed by atoms with Gasteiger partial charge in [0.05, 0.1) is 17.1 Å². The molecule has 0 aromatic carbocycles. The molecule has 2 rings (SSSR count). The van der Waals surface area contributed by atoms with Crippen molar-refractivity contribution in [2.75, 3.05) is 11.5 Å². The van der Waals surface area contributed by atoms with E-state index < -0.39 is 0 Å². The molecule has 1 saturated carbocycles. The molecule has 1 heterocycles. The molecule has 1 fully saturated rings. The SMILES string of the molecule is CC(c1nccc(N)c1N)C1CC1. The van der Waals surface area contributed by atoms with Gasteiger partial charge in [0, 0.05) is 12.1 Å². The summed E-state index contributed by atoms with van der Waals surface area (Å²) in [5, 5.41) is 0. The van der Waals surface area contributed by atoms with Gasteiger partial charge in [-0.15, -0.1) is 0 Å². The van der Waals surface area contributed by atoms with Crippen LogP contribution in [0.2, 0.25) is 0 Å². The molecule has 0 amide bonds. The second-order valence-corrected chi connectivity index (χ2v) is 3.83. The minimum atomic E-state index is 0.462. The third-order valence-electron chi connectivity index (χ3n) is 2.82. The number of nitrogens with zero attached hydrogens (tertiary/aromatic N) is 1. The van der Waals surface area contributed by atoms with Gasteiger partial charge in [0.25, 0.3) is 0 Å². The molecule has 1 aromatic heterocycles. The normalized spacial score (nSPS) is 18.5. The van der Waals surface area contributed by atoms with E-state index >= 15 is 0 Å². The number of aromatic nitrogens is 1. The van der Waals surface area contributed by atoms with E-state index in [1.807, 2.05) is 0 Å². The molecular formula is C10H15N3. The van der Waals surface area contributed by atoms with Crippen LogP contribution in [0.5, 0.6) is 0 Å². The van der Waals surface area contributed by atoms with Crippen molar-refractivity contribution in [3.8, 4) is 0 Å². The van der Waals surface area contributed by atoms with Gasteiger partial charge in [-0.2, -0.15) is 0 Å². The van der Waals surface area contributed by atoms with E-state index in [4.69, 9.17) is 11.5 Å². The predicted octanol–water partition coefficient (Wildman–Crippen LogP) is 1.76. The van der Waals surface area contributed by atoms with E-state index in [0.29, 0.717) is 17.3 Å². The standard InChI is InChI=1S/C10H15N3/c1-6(7-2-3-7)10-9(12)8(11)4-5-13-10/h4-7H,2-3,12H2,1H3,(H2,11,13). The molecule has 0 bridgehead atoms. The number of nitrogen functional groups attached to an aromatic ring is 2. The summed E-state index contributed by atoms with van der Waals surface area (Å²) in [6, 6.07) is 1.75. The maximum absolute atomic E-state index is 5.86. The van der Waals surface area contributed by atoms with Crippen molar-refractivity contribution in [3.63, 3.8) is 0 Å². The van der Waals surface area contributed by atoms with Crippen LogP contribution < -0.4 is 11.5 Å². The minimum absolute atomic E-state index is 0.462. The van der Waals surface area contributed by atoms with Crippen LogP contribution in [0, 0.1) is 5.92 Å². The average molecular weight is 177 g/mol. The molecule has 0 saturated heterocycles. The molecule has 1 aliphatic carbocycles. The van der Waals surface area contributed by atoms with Crippen LogP contribution in [0.15, 0.2) is 12.3 Å². The van der Waals surface area contributed by atoms with Crippen LogP contribution in [-0.2, 0) is 0 Å². The van der Waals surface area contributed by atoms with Gasteiger partial charge in [0.15, 0.2) is 0 Å². The number of nitrogens with two attached hydrogens (primary N) is 2. The van der Waals surface area contributed by atoms with Crippen LogP contribution >= 0.6 is 0 Å². The number of hydrogen-bond acceptors (Lipinski definition) is 3. The molecule has 1 unspecified atom stereocenters. The van der Waals surface area contributed by atoms with E-state index in [9.17, 15) is 0 Å². The summed E-state index contributed by atoms with van der Waals surface area (Å²) >= 11 is 0. The van der Waals surface area contributed by atoms with Gasteiger partial charge in [0.2, 0.25) is 0 Å². The van der Waals surface area contributed by atoms with Crippen molar-refractivity contribution >= 4 is 11.4 Å². The van der Waals surface area contributed by atoms with Gasteiger partial charge < -0.3 is 11.5 Å². The average Bonchev–Trinajstić information content (AvgIpc) is 2.91. The van der Waals surface area contributed by atoms with Gasteiger partial charge in [-0.05, 0) is 24.8 Å². The largest absolute Gasteiger partial charge is 0.397 e. The monoisotopic (exact) mass is 177 g/mol. The first-order valence-corrected chi connectivity index (χ1v) is 4.70. The third-order valence-corrected chi connectivity index (χ3v) is 2.82. The first-order valence-electron chi connectivity index (χ1n) is 4.70. The molecule has 13 heavy (non-hydrogen) atoms. The summed E-state index contributed by atoms with van der Waals surface area (Å²) in [5.74, 6) is 1.24. The van der Waals surface area contributed by atoms with Crippen LogP contribution in [-0.4, -0.2) is 4.98 Å². The number of pyridine rings is 1. The highest BCUT2D eigenvalue weighted by molar-refractivity contribution is 5.65. The lowest BCUT2D eigenvalue weighted by atomic mass is 10.00. The summed E-state index contributed by atoms with van der Waals surface area (Å²) in [7, 11) is 0. The molecule has 0 aliphatic heterocycles. The zero-order chi connectivity index (χ0) is 9.42. The van der Waals surface area contributed by atoms with Crippen molar-refractivity contribution in [1.82, 2.24) is 4.98 Å². The highest BCUT2D eigenvalue weighted by atomic mass is 14.8. The van der Waals surface area contributed by atoms with Crippen molar-refractivity contribution in [2.45, 2.75) is 25.7 Å². The zero-order valence-electron chi connectivity index (χ0n) is 7.83. The Kier molecular flexibility index (Phi) is 1.87. The molecule has 70 valence electrons. The Hall–Kier alpha value is -1.25. The fourth-order valence-corrected chi connectivity index (χ4v) is 1.69. The van der Waals surface area contributed by atoms with Crippen LogP contribution in [0.4, 0.5) is 11.4 Å². The first-order chi connectivity index (χ1) is 6.20. The fourth-order valence-electron chi connectivity index (χ4n) is 1.69. The molecule has 3 nitrogen and oxygen atoms in total. The Morgan fingerprint density at radius 3 is 2.77 bits per heavy atom. The van der Waals surface area contributed by atoms with Gasteiger partial charge in [-0.25, -0.2) is 0 Å². The Morgan fingerprint density at radius 2 is 2.15 bits per heavy atom. The van der Waals surface area contributed by atoms with E-state index in [2.05, 4.69) is 11.9 Å². The molecular weight excluding hydrogens is 162 g/mol. The summed E-state index contributed by atoms with van der Waals surface area (Å²) in [5.41, 5.74) is 13.9. The lowest BCUT2D eigenvalue weighted by Crippen LogP contribution is -2.06. The maximum Gasteiger partial charge on any atom is 0.0769 e. The lowest BCUT2D eigenvalue weighted by Gasteiger charge is -2.12. The van der Waals surface area contributed by atoms with Crippen LogP contribution in [0.1, 0.15) is 31.4 Å². The maximum atomic E-state index is 5.86. The van der Waals surface area contributed by atoms with E-state index in [0.717, 1.165) is 11.6 Å². The summed E-state index contributed by atoms with van der Waals surface area (Å²) in [6.45, 7) is 2.18. The van der Waals surface area contributed by atoms with Crippen molar-refractivity contribution in [1.29, 1.82) is 0 Å². The Bertz CT molecular complexity index is 318. The first kappa shape index (κ1) is 8.35. The number of rotatable bonds is 2. The molecule has 0 spiro atoms. The highest BCUT2D eigenvalue weighted by Gasteiger charge is 2.31. The van der Waals surface area contributed by atoms with E-state index in [1.165, 1.54) is 12.8 Å². The van der Waals surface area contributed by atoms with Crippen LogP contribution in [0.3, 0.4) is 0 Å². The quantitative estimate of drug-likeness (QED) is 0.723. The minimum Gasteiger partial charge on any atom is -0.397 e. The smallest absolute Gasteiger partial charge is 0.0769 e. The number of hydrogen-bond donors (Lipinski definition) is 2. The molecule has 3 heteroatoms. The molecule has 1 aromatic rings. The number of anilines is 2. The molecule has 1 aliphatic rings. The second kappa shape index (κ2) is 2.91. The Morgan fingerprint density at radius 1 is 1.46 bits per heavy atom. The topological polar surface area (TPSA) is 64.9 Å². The summed E-state index contributed by atoms with van der Waals surface area (Å²) in [4.78, 5) is 4.30. The van der Waals surface area contributed by atoms with Crippen LogP contribution in [0.25, 0.3) is 0 Å². The van der Waals surface area contributed by atoms with Crippen molar-refractivity contribution < 1.29 is 0 Å². The molecule has 1 atom stereocenters. The van der Waals surface area contributed by atoms with Gasteiger partial charge in [-0.1, -0.05) is 6.92 Å². The summed E-state index contributed by atoms with van der Waals surface area (Å²) < 4.78 is 0. The van der Waals surface area contributed by atoms with E-state index in [-0.39, 0.29) is 0 Å². The van der Waals surface area contributed by atoms with Crippen molar-refractivity contribution in [2.24, 2.45) is 5.92 Å². The predicted molar refractivity (Wildman–Crippen MR) is 54.2 cm³/mol. The van der Waals surface area contributed by atoms with Gasteiger partial charge in [-0.3, -0.25) is 4.98 Å². The lowest BCUT2D eigenvalue weighted by molar-refractivity contribution is 0.646.